The quantitative estimate of drug-likeness (QED) is 0.465. The van der Waals surface area contributed by atoms with Crippen LogP contribution in [-0.2, 0) is 4.79 Å². The van der Waals surface area contributed by atoms with Gasteiger partial charge in [0.15, 0.2) is 0 Å². The van der Waals surface area contributed by atoms with Crippen LogP contribution in [0.3, 0.4) is 0 Å². The molecule has 9 nitrogen and oxygen atoms in total. The number of benzene rings is 2. The zero-order valence-corrected chi connectivity index (χ0v) is 19.2. The van der Waals surface area contributed by atoms with Gasteiger partial charge in [-0.25, -0.2) is 9.18 Å². The topological polar surface area (TPSA) is 109 Å². The van der Waals surface area contributed by atoms with Crippen molar-refractivity contribution < 1.29 is 23.8 Å². The number of likely N-dealkylation sites (tertiary alicyclic amines) is 1. The molecule has 4 rings (SSSR count). The van der Waals surface area contributed by atoms with Crippen LogP contribution in [0.4, 0.5) is 10.1 Å². The Bertz CT molecular complexity index is 1220. The van der Waals surface area contributed by atoms with Crippen LogP contribution in [-0.4, -0.2) is 64.9 Å². The van der Waals surface area contributed by atoms with Gasteiger partial charge in [0.1, 0.15) is 30.0 Å². The highest BCUT2D eigenvalue weighted by Crippen LogP contribution is 2.30. The average molecular weight is 473 g/mol. The van der Waals surface area contributed by atoms with Crippen LogP contribution in [0.5, 0.6) is 11.5 Å². The van der Waals surface area contributed by atoms with E-state index in [0.717, 1.165) is 12.8 Å². The van der Waals surface area contributed by atoms with E-state index in [0.29, 0.717) is 47.9 Å². The largest absolute Gasteiger partial charge is 0.497 e. The van der Waals surface area contributed by atoms with E-state index in [9.17, 15) is 19.1 Å². The van der Waals surface area contributed by atoms with Crippen molar-refractivity contribution in [2.75, 3.05) is 38.7 Å². The number of imidazole rings is 1. The SMILES string of the molecule is COc1ccc(NC(C)=O)c(OC[C@H](O)CN2CCC(n3c(=O)[nH]c4cc(F)ccc43)CC2)c1. The van der Waals surface area contributed by atoms with Crippen molar-refractivity contribution in [1.82, 2.24) is 14.5 Å². The lowest BCUT2D eigenvalue weighted by molar-refractivity contribution is -0.114. The second-order valence-corrected chi connectivity index (χ2v) is 8.50. The van der Waals surface area contributed by atoms with Gasteiger partial charge in [0, 0.05) is 38.7 Å². The zero-order chi connectivity index (χ0) is 24.2. The first-order chi connectivity index (χ1) is 16.3. The lowest BCUT2D eigenvalue weighted by Crippen LogP contribution is -2.42. The van der Waals surface area contributed by atoms with Crippen LogP contribution in [0, 0.1) is 5.82 Å². The van der Waals surface area contributed by atoms with E-state index in [1.165, 1.54) is 26.2 Å². The van der Waals surface area contributed by atoms with Crippen molar-refractivity contribution in [3.05, 3.63) is 52.7 Å². The van der Waals surface area contributed by atoms with Crippen molar-refractivity contribution in [2.24, 2.45) is 0 Å². The summed E-state index contributed by atoms with van der Waals surface area (Å²) in [6.07, 6.45) is 0.729. The molecule has 0 unspecified atom stereocenters. The minimum atomic E-state index is -0.744. The maximum atomic E-state index is 13.5. The highest BCUT2D eigenvalue weighted by molar-refractivity contribution is 5.90. The number of amides is 1. The van der Waals surface area contributed by atoms with Crippen LogP contribution < -0.4 is 20.5 Å². The van der Waals surface area contributed by atoms with Gasteiger partial charge in [0.2, 0.25) is 5.91 Å². The monoisotopic (exact) mass is 472 g/mol. The predicted octanol–water partition coefficient (Wildman–Crippen LogP) is 2.51. The predicted molar refractivity (Wildman–Crippen MR) is 126 cm³/mol. The fourth-order valence-electron chi connectivity index (χ4n) is 4.40. The summed E-state index contributed by atoms with van der Waals surface area (Å²) in [7, 11) is 1.54. The molecule has 34 heavy (non-hydrogen) atoms. The van der Waals surface area contributed by atoms with Gasteiger partial charge in [-0.3, -0.25) is 9.36 Å². The second kappa shape index (κ2) is 10.3. The number of anilines is 1. The number of aliphatic hydroxyl groups excluding tert-OH is 1. The Morgan fingerprint density at radius 3 is 2.74 bits per heavy atom. The van der Waals surface area contributed by atoms with Gasteiger partial charge < -0.3 is 29.8 Å². The Hall–Kier alpha value is -3.37. The standard InChI is InChI=1S/C24H29FN4O5/c1-15(30)26-20-5-4-19(33-2)12-23(20)34-14-18(31)13-28-9-7-17(8-10-28)29-22-6-3-16(25)11-21(22)27-24(29)32/h3-6,11-12,17-18,31H,7-10,13-14H2,1-2H3,(H,26,30)(H,27,32)/t18-/m1/s1. The van der Waals surface area contributed by atoms with E-state index in [4.69, 9.17) is 9.47 Å². The molecule has 2 heterocycles. The number of carbonyl (C=O) groups is 1. The van der Waals surface area contributed by atoms with Crippen molar-refractivity contribution in [2.45, 2.75) is 31.9 Å². The van der Waals surface area contributed by atoms with Crippen LogP contribution in [0.15, 0.2) is 41.2 Å². The molecule has 10 heteroatoms. The zero-order valence-electron chi connectivity index (χ0n) is 19.2. The minimum absolute atomic E-state index is 0.00773. The lowest BCUT2D eigenvalue weighted by Gasteiger charge is -2.33. The molecule has 3 N–H and O–H groups in total. The summed E-state index contributed by atoms with van der Waals surface area (Å²) < 4.78 is 26.2. The molecule has 3 aromatic rings. The van der Waals surface area contributed by atoms with Gasteiger partial charge in [-0.1, -0.05) is 0 Å². The van der Waals surface area contributed by atoms with Gasteiger partial charge in [-0.05, 0) is 43.2 Å². The molecule has 0 saturated carbocycles. The number of aromatic amines is 1. The normalized spacial score (nSPS) is 15.9. The van der Waals surface area contributed by atoms with E-state index in [1.807, 2.05) is 0 Å². The maximum Gasteiger partial charge on any atom is 0.326 e. The van der Waals surface area contributed by atoms with Crippen molar-refractivity contribution in [1.29, 1.82) is 0 Å². The molecule has 0 bridgehead atoms. The van der Waals surface area contributed by atoms with Gasteiger partial charge in [-0.15, -0.1) is 0 Å². The summed E-state index contributed by atoms with van der Waals surface area (Å²) >= 11 is 0. The van der Waals surface area contributed by atoms with E-state index in [1.54, 1.807) is 28.8 Å². The number of ether oxygens (including phenoxy) is 2. The van der Waals surface area contributed by atoms with Gasteiger partial charge in [0.05, 0.1) is 23.8 Å². The number of rotatable bonds is 8. The van der Waals surface area contributed by atoms with Crippen molar-refractivity contribution >= 4 is 22.6 Å². The van der Waals surface area contributed by atoms with Crippen LogP contribution >= 0.6 is 0 Å². The molecule has 0 spiro atoms. The summed E-state index contributed by atoms with van der Waals surface area (Å²) in [6.45, 7) is 3.29. The number of carbonyl (C=O) groups excluding carboxylic acids is 1. The molecule has 2 aromatic carbocycles. The highest BCUT2D eigenvalue weighted by atomic mass is 19.1. The summed E-state index contributed by atoms with van der Waals surface area (Å²) in [5.74, 6) is 0.390. The minimum Gasteiger partial charge on any atom is -0.497 e. The number of H-pyrrole nitrogens is 1. The molecule has 1 amide bonds. The first-order valence-corrected chi connectivity index (χ1v) is 11.2. The molecule has 1 atom stereocenters. The smallest absolute Gasteiger partial charge is 0.326 e. The first kappa shape index (κ1) is 23.8. The van der Waals surface area contributed by atoms with E-state index in [-0.39, 0.29) is 30.1 Å². The molecule has 1 fully saturated rings. The fourth-order valence-corrected chi connectivity index (χ4v) is 4.40. The maximum absolute atomic E-state index is 13.5. The number of hydrogen-bond donors (Lipinski definition) is 3. The number of nitrogens with one attached hydrogen (secondary N) is 2. The third kappa shape index (κ3) is 5.40. The van der Waals surface area contributed by atoms with E-state index in [2.05, 4.69) is 15.2 Å². The number of halogens is 1. The summed E-state index contributed by atoms with van der Waals surface area (Å²) in [4.78, 5) is 28.8. The Morgan fingerprint density at radius 2 is 2.03 bits per heavy atom. The number of β-amino-alcohol motifs (C(OH)–C–C–N with tert-alkyl or cyclic N) is 1. The van der Waals surface area contributed by atoms with E-state index >= 15 is 0 Å². The summed E-state index contributed by atoms with van der Waals surface area (Å²) in [5.41, 5.74) is 1.47. The molecular weight excluding hydrogens is 443 g/mol. The van der Waals surface area contributed by atoms with Gasteiger partial charge in [0.25, 0.3) is 0 Å². The number of fused-ring (bicyclic) bond motifs is 1. The molecule has 0 radical (unpaired) electrons. The molecule has 1 aromatic heterocycles. The molecular formula is C24H29FN4O5. The number of aliphatic hydroxyl groups is 1. The number of aromatic nitrogens is 2. The summed E-state index contributed by atoms with van der Waals surface area (Å²) in [6, 6.07) is 9.39. The number of nitrogens with zero attached hydrogens (tertiary/aromatic N) is 2. The highest BCUT2D eigenvalue weighted by Gasteiger charge is 2.25. The van der Waals surface area contributed by atoms with Crippen LogP contribution in [0.25, 0.3) is 11.0 Å². The lowest BCUT2D eigenvalue weighted by atomic mass is 10.0. The second-order valence-electron chi connectivity index (χ2n) is 8.50. The van der Waals surface area contributed by atoms with Crippen molar-refractivity contribution in [3.63, 3.8) is 0 Å². The third-order valence-electron chi connectivity index (χ3n) is 6.00. The number of piperidine rings is 1. The molecule has 1 aliphatic heterocycles. The van der Waals surface area contributed by atoms with Crippen LogP contribution in [0.2, 0.25) is 0 Å². The Balaban J connectivity index is 1.33. The molecule has 182 valence electrons. The third-order valence-corrected chi connectivity index (χ3v) is 6.00. The van der Waals surface area contributed by atoms with Crippen molar-refractivity contribution in [3.8, 4) is 11.5 Å². The van der Waals surface area contributed by atoms with Gasteiger partial charge in [-0.2, -0.15) is 0 Å². The molecule has 1 aliphatic rings. The fraction of sp³-hybridized carbons (Fsp3) is 0.417. The number of methoxy groups -OCH3 is 1. The Labute approximate surface area is 196 Å². The average Bonchev–Trinajstić information content (AvgIpc) is 3.13. The molecule has 1 saturated heterocycles. The van der Waals surface area contributed by atoms with E-state index < -0.39 is 6.10 Å². The Kier molecular flexibility index (Phi) is 7.18. The Morgan fingerprint density at radius 1 is 1.26 bits per heavy atom. The van der Waals surface area contributed by atoms with Crippen LogP contribution in [0.1, 0.15) is 25.8 Å². The molecule has 0 aliphatic carbocycles. The first-order valence-electron chi connectivity index (χ1n) is 11.2. The number of hydrogen-bond acceptors (Lipinski definition) is 6. The summed E-state index contributed by atoms with van der Waals surface area (Å²) in [5, 5.41) is 13.2. The van der Waals surface area contributed by atoms with Gasteiger partial charge >= 0.3 is 5.69 Å².